The number of nitrogens with two attached hydrogens (primary N) is 1. The molecule has 0 atom stereocenters. The van der Waals surface area contributed by atoms with Crippen molar-refractivity contribution >= 4 is 21.6 Å². The Hall–Kier alpha value is -0.700. The quantitative estimate of drug-likeness (QED) is 0.755. The highest BCUT2D eigenvalue weighted by molar-refractivity contribution is 9.10. The molecule has 0 aliphatic rings. The Morgan fingerprint density at radius 2 is 1.92 bits per heavy atom. The molecule has 0 amide bonds. The molecule has 1 aromatic carbocycles. The summed E-state index contributed by atoms with van der Waals surface area (Å²) in [6.45, 7) is 4.00. The fraction of sp³-hybridized carbons (Fsp3) is 0.333. The SMILES string of the molecule is CC.COc1cccc(N)c1Br. The van der Waals surface area contributed by atoms with Gasteiger partial charge in [0, 0.05) is 5.69 Å². The van der Waals surface area contributed by atoms with E-state index in [1.807, 2.05) is 32.0 Å². The third-order valence-corrected chi connectivity index (χ3v) is 2.06. The Balaban J connectivity index is 0.000000561. The number of hydrogen-bond donors (Lipinski definition) is 1. The molecule has 3 heteroatoms. The fourth-order valence-electron chi connectivity index (χ4n) is 0.685. The Labute approximate surface area is 81.9 Å². The van der Waals surface area contributed by atoms with Crippen LogP contribution in [0, 0.1) is 0 Å². The van der Waals surface area contributed by atoms with Crippen molar-refractivity contribution in [3.05, 3.63) is 22.7 Å². The second-order valence-corrected chi connectivity index (χ2v) is 2.66. The molecule has 0 saturated heterocycles. The largest absolute Gasteiger partial charge is 0.495 e. The van der Waals surface area contributed by atoms with Gasteiger partial charge in [0.05, 0.1) is 11.6 Å². The molecule has 0 spiro atoms. The number of ether oxygens (including phenoxy) is 1. The first-order valence-electron chi connectivity index (χ1n) is 3.83. The zero-order chi connectivity index (χ0) is 9.56. The van der Waals surface area contributed by atoms with Crippen molar-refractivity contribution < 1.29 is 4.74 Å². The topological polar surface area (TPSA) is 35.2 Å². The maximum Gasteiger partial charge on any atom is 0.135 e. The van der Waals surface area contributed by atoms with Crippen molar-refractivity contribution in [2.24, 2.45) is 0 Å². The van der Waals surface area contributed by atoms with E-state index in [1.54, 1.807) is 7.11 Å². The number of benzene rings is 1. The van der Waals surface area contributed by atoms with Crippen LogP contribution in [0.5, 0.6) is 5.75 Å². The summed E-state index contributed by atoms with van der Waals surface area (Å²) >= 11 is 3.29. The molecular weight excluding hydrogens is 218 g/mol. The smallest absolute Gasteiger partial charge is 0.135 e. The van der Waals surface area contributed by atoms with Crippen molar-refractivity contribution in [3.8, 4) is 5.75 Å². The second-order valence-electron chi connectivity index (χ2n) is 1.86. The van der Waals surface area contributed by atoms with Gasteiger partial charge in [0.2, 0.25) is 0 Å². The number of nitrogen functional groups attached to an aromatic ring is 1. The van der Waals surface area contributed by atoms with E-state index in [9.17, 15) is 0 Å². The molecule has 0 aliphatic heterocycles. The average molecular weight is 232 g/mol. The minimum absolute atomic E-state index is 0.694. The molecule has 0 aromatic heterocycles. The fourth-order valence-corrected chi connectivity index (χ4v) is 1.11. The molecule has 0 fully saturated rings. The minimum Gasteiger partial charge on any atom is -0.495 e. The van der Waals surface area contributed by atoms with Crippen LogP contribution in [0.15, 0.2) is 22.7 Å². The second kappa shape index (κ2) is 5.89. The van der Waals surface area contributed by atoms with Crippen molar-refractivity contribution in [2.45, 2.75) is 13.8 Å². The number of rotatable bonds is 1. The Morgan fingerprint density at radius 1 is 1.33 bits per heavy atom. The lowest BCUT2D eigenvalue weighted by Crippen LogP contribution is -1.89. The molecule has 12 heavy (non-hydrogen) atoms. The lowest BCUT2D eigenvalue weighted by Gasteiger charge is -2.03. The molecule has 68 valence electrons. The highest BCUT2D eigenvalue weighted by Crippen LogP contribution is 2.29. The van der Waals surface area contributed by atoms with Crippen LogP contribution in [0.4, 0.5) is 5.69 Å². The molecule has 0 aliphatic carbocycles. The summed E-state index contributed by atoms with van der Waals surface area (Å²) in [7, 11) is 1.61. The van der Waals surface area contributed by atoms with Crippen LogP contribution in [0.3, 0.4) is 0 Å². The third-order valence-electron chi connectivity index (χ3n) is 1.21. The molecule has 0 saturated carbocycles. The Kier molecular flexibility index (Phi) is 5.54. The van der Waals surface area contributed by atoms with E-state index in [0.29, 0.717) is 5.69 Å². The van der Waals surface area contributed by atoms with Crippen LogP contribution in [-0.4, -0.2) is 7.11 Å². The van der Waals surface area contributed by atoms with Gasteiger partial charge in [-0.1, -0.05) is 19.9 Å². The molecule has 1 rings (SSSR count). The van der Waals surface area contributed by atoms with Gasteiger partial charge < -0.3 is 10.5 Å². The molecule has 1 aromatic rings. The first-order chi connectivity index (χ1) is 5.75. The van der Waals surface area contributed by atoms with Crippen LogP contribution < -0.4 is 10.5 Å². The maximum absolute atomic E-state index is 5.57. The van der Waals surface area contributed by atoms with Crippen molar-refractivity contribution in [3.63, 3.8) is 0 Å². The van der Waals surface area contributed by atoms with Crippen molar-refractivity contribution in [1.82, 2.24) is 0 Å². The zero-order valence-electron chi connectivity index (χ0n) is 7.60. The normalized spacial score (nSPS) is 8.33. The van der Waals surface area contributed by atoms with Gasteiger partial charge in [0.15, 0.2) is 0 Å². The van der Waals surface area contributed by atoms with E-state index in [1.165, 1.54) is 0 Å². The molecule has 2 N–H and O–H groups in total. The highest BCUT2D eigenvalue weighted by Gasteiger charge is 2.00. The molecule has 0 heterocycles. The van der Waals surface area contributed by atoms with Gasteiger partial charge in [-0.3, -0.25) is 0 Å². The van der Waals surface area contributed by atoms with Gasteiger partial charge in [0.25, 0.3) is 0 Å². The first kappa shape index (κ1) is 11.3. The van der Waals surface area contributed by atoms with E-state index in [0.717, 1.165) is 10.2 Å². The average Bonchev–Trinajstić information content (AvgIpc) is 2.13. The molecule has 0 radical (unpaired) electrons. The van der Waals surface area contributed by atoms with E-state index in [-0.39, 0.29) is 0 Å². The predicted octanol–water partition coefficient (Wildman–Crippen LogP) is 3.07. The standard InChI is InChI=1S/C7H8BrNO.C2H6/c1-10-6-4-2-3-5(9)7(6)8;1-2/h2-4H,9H2,1H3;1-2H3. The molecule has 2 nitrogen and oxygen atoms in total. The summed E-state index contributed by atoms with van der Waals surface area (Å²) in [5.74, 6) is 0.764. The van der Waals surface area contributed by atoms with Gasteiger partial charge in [0.1, 0.15) is 5.75 Å². The summed E-state index contributed by atoms with van der Waals surface area (Å²) in [6, 6.07) is 5.51. The third kappa shape index (κ3) is 2.74. The van der Waals surface area contributed by atoms with E-state index >= 15 is 0 Å². The van der Waals surface area contributed by atoms with Gasteiger partial charge in [-0.15, -0.1) is 0 Å². The van der Waals surface area contributed by atoms with E-state index in [4.69, 9.17) is 10.5 Å². The maximum atomic E-state index is 5.57. The van der Waals surface area contributed by atoms with Crippen molar-refractivity contribution in [1.29, 1.82) is 0 Å². The highest BCUT2D eigenvalue weighted by atomic mass is 79.9. The van der Waals surface area contributed by atoms with Gasteiger partial charge >= 0.3 is 0 Å². The van der Waals surface area contributed by atoms with Gasteiger partial charge in [-0.05, 0) is 28.1 Å². The lowest BCUT2D eigenvalue weighted by atomic mass is 10.3. The van der Waals surface area contributed by atoms with Gasteiger partial charge in [-0.25, -0.2) is 0 Å². The van der Waals surface area contributed by atoms with E-state index < -0.39 is 0 Å². The van der Waals surface area contributed by atoms with E-state index in [2.05, 4.69) is 15.9 Å². The van der Waals surface area contributed by atoms with Crippen molar-refractivity contribution in [2.75, 3.05) is 12.8 Å². The molecular formula is C9H14BrNO. The summed E-state index contributed by atoms with van der Waals surface area (Å²) in [5, 5.41) is 0. The number of anilines is 1. The van der Waals surface area contributed by atoms with Crippen LogP contribution in [0.1, 0.15) is 13.8 Å². The summed E-state index contributed by atoms with van der Waals surface area (Å²) in [6.07, 6.45) is 0. The van der Waals surface area contributed by atoms with Crippen LogP contribution in [-0.2, 0) is 0 Å². The Bertz CT molecular complexity index is 238. The molecule has 0 unspecified atom stereocenters. The van der Waals surface area contributed by atoms with Crippen LogP contribution in [0.25, 0.3) is 0 Å². The summed E-state index contributed by atoms with van der Waals surface area (Å²) < 4.78 is 5.82. The van der Waals surface area contributed by atoms with Crippen LogP contribution >= 0.6 is 15.9 Å². The number of halogens is 1. The lowest BCUT2D eigenvalue weighted by molar-refractivity contribution is 0.412. The number of hydrogen-bond acceptors (Lipinski definition) is 2. The predicted molar refractivity (Wildman–Crippen MR) is 56.5 cm³/mol. The van der Waals surface area contributed by atoms with Crippen LogP contribution in [0.2, 0.25) is 0 Å². The summed E-state index contributed by atoms with van der Waals surface area (Å²) in [5.41, 5.74) is 6.26. The van der Waals surface area contributed by atoms with Gasteiger partial charge in [-0.2, -0.15) is 0 Å². The summed E-state index contributed by atoms with van der Waals surface area (Å²) in [4.78, 5) is 0. The first-order valence-corrected chi connectivity index (χ1v) is 4.63. The monoisotopic (exact) mass is 231 g/mol. The minimum atomic E-state index is 0.694. The molecule has 0 bridgehead atoms. The number of methoxy groups -OCH3 is 1. The Morgan fingerprint density at radius 3 is 2.33 bits per heavy atom. The zero-order valence-corrected chi connectivity index (χ0v) is 9.18.